The minimum Gasteiger partial charge on any atom is -0.457 e. The summed E-state index contributed by atoms with van der Waals surface area (Å²) in [6.45, 7) is 1.59. The Hall–Kier alpha value is -3.45. The van der Waals surface area contributed by atoms with Crippen molar-refractivity contribution in [2.75, 3.05) is 11.9 Å². The molecule has 164 valence electrons. The minimum absolute atomic E-state index is 0.0660. The Morgan fingerprint density at radius 3 is 2.06 bits per heavy atom. The van der Waals surface area contributed by atoms with Crippen molar-refractivity contribution in [1.82, 2.24) is 0 Å². The van der Waals surface area contributed by atoms with Crippen LogP contribution in [0.2, 0.25) is 0 Å². The van der Waals surface area contributed by atoms with Crippen LogP contribution in [0, 0.1) is 12.7 Å². The van der Waals surface area contributed by atoms with E-state index < -0.39 is 24.2 Å². The van der Waals surface area contributed by atoms with Crippen molar-refractivity contribution in [3.63, 3.8) is 0 Å². The standard InChI is InChI=1S/C25H22FNO4S/c1-17-2-10-21(11-3-17)32-22-12-8-20(9-13-22)27-24(29)14-15-25(30)31-16-23(28)18-4-6-19(26)7-5-18/h2-13H,14-16H2,1H3,(H,27,29). The number of hydrogen-bond acceptors (Lipinski definition) is 5. The van der Waals surface area contributed by atoms with Gasteiger partial charge in [0, 0.05) is 27.5 Å². The first-order valence-electron chi connectivity index (χ1n) is 9.98. The molecule has 0 heterocycles. The number of nitrogens with one attached hydrogen (secondary N) is 1. The fraction of sp³-hybridized carbons (Fsp3) is 0.160. The van der Waals surface area contributed by atoms with E-state index in [1.165, 1.54) is 17.7 Å². The molecule has 0 aliphatic heterocycles. The zero-order valence-electron chi connectivity index (χ0n) is 17.5. The van der Waals surface area contributed by atoms with Crippen LogP contribution in [0.3, 0.4) is 0 Å². The molecule has 0 spiro atoms. The minimum atomic E-state index is -0.652. The van der Waals surface area contributed by atoms with Gasteiger partial charge in [-0.1, -0.05) is 29.5 Å². The van der Waals surface area contributed by atoms with E-state index in [9.17, 15) is 18.8 Å². The number of Topliss-reactive ketones (excluding diaryl/α,β-unsaturated/α-hetero) is 1. The number of ketones is 1. The topological polar surface area (TPSA) is 72.5 Å². The number of aryl methyl sites for hydroxylation is 1. The molecule has 0 atom stereocenters. The molecule has 1 N–H and O–H groups in total. The van der Waals surface area contributed by atoms with Crippen molar-refractivity contribution in [3.8, 4) is 0 Å². The third-order valence-corrected chi connectivity index (χ3v) is 5.50. The highest BCUT2D eigenvalue weighted by Crippen LogP contribution is 2.28. The fourth-order valence-corrected chi connectivity index (χ4v) is 3.54. The first-order chi connectivity index (χ1) is 15.4. The zero-order chi connectivity index (χ0) is 22.9. The second kappa shape index (κ2) is 11.2. The maximum absolute atomic E-state index is 12.9. The number of ether oxygens (including phenoxy) is 1. The van der Waals surface area contributed by atoms with Crippen LogP contribution in [-0.2, 0) is 14.3 Å². The van der Waals surface area contributed by atoms with Gasteiger partial charge < -0.3 is 10.1 Å². The molecule has 0 radical (unpaired) electrons. The number of carbonyl (C=O) groups is 3. The Balaban J connectivity index is 1.39. The van der Waals surface area contributed by atoms with E-state index in [4.69, 9.17) is 4.74 Å². The van der Waals surface area contributed by atoms with Crippen molar-refractivity contribution in [2.24, 2.45) is 0 Å². The van der Waals surface area contributed by atoms with Gasteiger partial charge in [0.2, 0.25) is 5.91 Å². The molecule has 7 heteroatoms. The van der Waals surface area contributed by atoms with Crippen molar-refractivity contribution in [3.05, 3.63) is 89.7 Å². The summed E-state index contributed by atoms with van der Waals surface area (Å²) in [6.07, 6.45) is -0.215. The highest BCUT2D eigenvalue weighted by molar-refractivity contribution is 7.99. The molecule has 3 aromatic rings. The van der Waals surface area contributed by atoms with Gasteiger partial charge in [-0.05, 0) is 67.6 Å². The summed E-state index contributed by atoms with van der Waals surface area (Å²) in [5.74, 6) is -1.87. The molecule has 5 nitrogen and oxygen atoms in total. The molecule has 0 unspecified atom stereocenters. The van der Waals surface area contributed by atoms with Gasteiger partial charge in [-0.3, -0.25) is 14.4 Å². The molecule has 1 amide bonds. The molecule has 0 fully saturated rings. The third-order valence-electron chi connectivity index (χ3n) is 4.48. The molecule has 0 aromatic heterocycles. The first kappa shape index (κ1) is 23.2. The van der Waals surface area contributed by atoms with E-state index in [0.29, 0.717) is 5.69 Å². The molecule has 0 bridgehead atoms. The average molecular weight is 452 g/mol. The SMILES string of the molecule is Cc1ccc(Sc2ccc(NC(=O)CCC(=O)OCC(=O)c3ccc(F)cc3)cc2)cc1. The van der Waals surface area contributed by atoms with Crippen LogP contribution in [0.15, 0.2) is 82.6 Å². The first-order valence-corrected chi connectivity index (χ1v) is 10.8. The van der Waals surface area contributed by atoms with E-state index in [-0.39, 0.29) is 24.3 Å². The quantitative estimate of drug-likeness (QED) is 0.347. The molecule has 32 heavy (non-hydrogen) atoms. The summed E-state index contributed by atoms with van der Waals surface area (Å²) in [7, 11) is 0. The van der Waals surface area contributed by atoms with Crippen LogP contribution in [0.1, 0.15) is 28.8 Å². The number of carbonyl (C=O) groups excluding carboxylic acids is 3. The van der Waals surface area contributed by atoms with E-state index in [1.807, 2.05) is 19.1 Å². The Labute approximate surface area is 190 Å². The number of anilines is 1. The Kier molecular flexibility index (Phi) is 8.16. The van der Waals surface area contributed by atoms with Crippen molar-refractivity contribution >= 4 is 35.1 Å². The summed E-state index contributed by atoms with van der Waals surface area (Å²) in [4.78, 5) is 38.0. The van der Waals surface area contributed by atoms with Crippen molar-refractivity contribution in [2.45, 2.75) is 29.6 Å². The molecular formula is C25H22FNO4S. The van der Waals surface area contributed by atoms with Gasteiger partial charge in [-0.15, -0.1) is 0 Å². The maximum Gasteiger partial charge on any atom is 0.306 e. The lowest BCUT2D eigenvalue weighted by Crippen LogP contribution is -2.17. The fourth-order valence-electron chi connectivity index (χ4n) is 2.73. The monoisotopic (exact) mass is 451 g/mol. The Bertz CT molecular complexity index is 1080. The molecule has 0 aliphatic carbocycles. The normalized spacial score (nSPS) is 10.4. The zero-order valence-corrected chi connectivity index (χ0v) is 18.3. The van der Waals surface area contributed by atoms with Crippen molar-refractivity contribution in [1.29, 1.82) is 0 Å². The molecule has 3 rings (SSSR count). The van der Waals surface area contributed by atoms with Gasteiger partial charge >= 0.3 is 5.97 Å². The summed E-state index contributed by atoms with van der Waals surface area (Å²) >= 11 is 1.62. The predicted octanol–water partition coefficient (Wildman–Crippen LogP) is 5.43. The Morgan fingerprint density at radius 1 is 0.844 bits per heavy atom. The lowest BCUT2D eigenvalue weighted by molar-refractivity contribution is -0.143. The lowest BCUT2D eigenvalue weighted by Gasteiger charge is -2.07. The molecule has 0 saturated heterocycles. The van der Waals surface area contributed by atoms with E-state index in [1.54, 1.807) is 23.9 Å². The van der Waals surface area contributed by atoms with Gasteiger partial charge in [0.1, 0.15) is 5.82 Å². The number of halogens is 1. The van der Waals surface area contributed by atoms with Crippen LogP contribution in [0.25, 0.3) is 0 Å². The summed E-state index contributed by atoms with van der Waals surface area (Å²) in [5.41, 5.74) is 2.08. The lowest BCUT2D eigenvalue weighted by atomic mass is 10.1. The van der Waals surface area contributed by atoms with Crippen LogP contribution >= 0.6 is 11.8 Å². The molecule has 0 aliphatic rings. The number of esters is 1. The van der Waals surface area contributed by atoms with Crippen LogP contribution in [-0.4, -0.2) is 24.3 Å². The van der Waals surface area contributed by atoms with E-state index >= 15 is 0 Å². The smallest absolute Gasteiger partial charge is 0.306 e. The van der Waals surface area contributed by atoms with Crippen LogP contribution < -0.4 is 5.32 Å². The predicted molar refractivity (Wildman–Crippen MR) is 121 cm³/mol. The van der Waals surface area contributed by atoms with Gasteiger partial charge in [0.05, 0.1) is 6.42 Å². The second-order valence-electron chi connectivity index (χ2n) is 7.08. The summed E-state index contributed by atoms with van der Waals surface area (Å²) in [5, 5.41) is 2.73. The second-order valence-corrected chi connectivity index (χ2v) is 8.23. The summed E-state index contributed by atoms with van der Waals surface area (Å²) in [6, 6.07) is 20.6. The van der Waals surface area contributed by atoms with Gasteiger partial charge in [-0.2, -0.15) is 0 Å². The molecule has 0 saturated carbocycles. The summed E-state index contributed by atoms with van der Waals surface area (Å²) < 4.78 is 17.8. The van der Waals surface area contributed by atoms with Gasteiger partial charge in [0.25, 0.3) is 0 Å². The van der Waals surface area contributed by atoms with E-state index in [0.717, 1.165) is 21.9 Å². The van der Waals surface area contributed by atoms with E-state index in [2.05, 4.69) is 29.6 Å². The molecule has 3 aromatic carbocycles. The number of benzene rings is 3. The number of hydrogen-bond donors (Lipinski definition) is 1. The third kappa shape index (κ3) is 7.35. The van der Waals surface area contributed by atoms with Gasteiger partial charge in [-0.25, -0.2) is 4.39 Å². The van der Waals surface area contributed by atoms with Crippen LogP contribution in [0.5, 0.6) is 0 Å². The van der Waals surface area contributed by atoms with Crippen molar-refractivity contribution < 1.29 is 23.5 Å². The largest absolute Gasteiger partial charge is 0.457 e. The molecular weight excluding hydrogens is 429 g/mol. The van der Waals surface area contributed by atoms with Gasteiger partial charge in [0.15, 0.2) is 12.4 Å². The number of rotatable bonds is 9. The average Bonchev–Trinajstić information content (AvgIpc) is 2.79. The highest BCUT2D eigenvalue weighted by Gasteiger charge is 2.12. The Morgan fingerprint density at radius 2 is 1.44 bits per heavy atom. The maximum atomic E-state index is 12.9. The van der Waals surface area contributed by atoms with Crippen LogP contribution in [0.4, 0.5) is 10.1 Å². The number of amides is 1. The highest BCUT2D eigenvalue weighted by atomic mass is 32.2.